The van der Waals surface area contributed by atoms with Crippen LogP contribution in [0.2, 0.25) is 5.02 Å². The van der Waals surface area contributed by atoms with Crippen molar-refractivity contribution in [3.63, 3.8) is 0 Å². The van der Waals surface area contributed by atoms with Crippen molar-refractivity contribution in [1.82, 2.24) is 0 Å². The summed E-state index contributed by atoms with van der Waals surface area (Å²) >= 11 is 5.71. The molecule has 25 heavy (non-hydrogen) atoms. The van der Waals surface area contributed by atoms with Gasteiger partial charge >= 0.3 is 0 Å². The van der Waals surface area contributed by atoms with E-state index in [0.717, 1.165) is 27.8 Å². The van der Waals surface area contributed by atoms with E-state index in [9.17, 15) is 17.6 Å². The molecule has 0 aliphatic carbocycles. The summed E-state index contributed by atoms with van der Waals surface area (Å²) in [5, 5.41) is 2.46. The number of benzene rings is 2. The van der Waals surface area contributed by atoms with Crippen LogP contribution in [0.4, 0.5) is 15.8 Å². The summed E-state index contributed by atoms with van der Waals surface area (Å²) in [7, 11) is -3.76. The summed E-state index contributed by atoms with van der Waals surface area (Å²) in [5.41, 5.74) is 2.63. The van der Waals surface area contributed by atoms with Crippen molar-refractivity contribution in [2.45, 2.75) is 13.8 Å². The predicted octanol–water partition coefficient (Wildman–Crippen LogP) is 3.50. The van der Waals surface area contributed by atoms with Crippen LogP contribution in [0.3, 0.4) is 0 Å². The molecule has 0 aliphatic heterocycles. The van der Waals surface area contributed by atoms with E-state index in [-0.39, 0.29) is 10.7 Å². The van der Waals surface area contributed by atoms with E-state index < -0.39 is 28.3 Å². The first kappa shape index (κ1) is 19.2. The molecule has 5 nitrogen and oxygen atoms in total. The molecule has 0 spiro atoms. The zero-order chi connectivity index (χ0) is 18.8. The van der Waals surface area contributed by atoms with Gasteiger partial charge in [-0.3, -0.25) is 9.10 Å². The predicted molar refractivity (Wildman–Crippen MR) is 98.1 cm³/mol. The molecule has 0 atom stereocenters. The second-order valence-corrected chi connectivity index (χ2v) is 8.05. The molecule has 2 aromatic rings. The van der Waals surface area contributed by atoms with Crippen molar-refractivity contribution in [2.75, 3.05) is 22.4 Å². The van der Waals surface area contributed by atoms with Crippen molar-refractivity contribution in [1.29, 1.82) is 0 Å². The third-order valence-corrected chi connectivity index (χ3v) is 4.96. The first-order valence-electron chi connectivity index (χ1n) is 7.38. The fourth-order valence-electron chi connectivity index (χ4n) is 2.31. The third-order valence-electron chi connectivity index (χ3n) is 3.53. The molecule has 0 saturated carbocycles. The number of carbonyl (C=O) groups excluding carboxylic acids is 1. The number of carbonyl (C=O) groups is 1. The Labute approximate surface area is 151 Å². The SMILES string of the molecule is Cc1ccc(NC(=O)CN(c2ccc(F)c(Cl)c2)S(C)(=O)=O)c(C)c1. The van der Waals surface area contributed by atoms with Gasteiger partial charge in [-0.05, 0) is 43.7 Å². The molecular weight excluding hydrogens is 367 g/mol. The molecule has 2 rings (SSSR count). The van der Waals surface area contributed by atoms with Gasteiger partial charge in [-0.25, -0.2) is 12.8 Å². The lowest BCUT2D eigenvalue weighted by Gasteiger charge is -2.22. The highest BCUT2D eigenvalue weighted by molar-refractivity contribution is 7.92. The van der Waals surface area contributed by atoms with Gasteiger partial charge in [0.25, 0.3) is 0 Å². The number of anilines is 2. The van der Waals surface area contributed by atoms with E-state index in [0.29, 0.717) is 5.69 Å². The van der Waals surface area contributed by atoms with Gasteiger partial charge in [-0.15, -0.1) is 0 Å². The molecule has 0 fully saturated rings. The van der Waals surface area contributed by atoms with E-state index in [4.69, 9.17) is 11.6 Å². The lowest BCUT2D eigenvalue weighted by Crippen LogP contribution is -2.37. The van der Waals surface area contributed by atoms with Gasteiger partial charge in [-0.2, -0.15) is 0 Å². The van der Waals surface area contributed by atoms with Gasteiger partial charge in [0, 0.05) is 5.69 Å². The highest BCUT2D eigenvalue weighted by Gasteiger charge is 2.22. The standard InChI is InChI=1S/C17H18ClFN2O3S/c1-11-4-7-16(12(2)8-11)20-17(22)10-21(25(3,23)24)13-5-6-15(19)14(18)9-13/h4-9H,10H2,1-3H3,(H,20,22). The average Bonchev–Trinajstić information content (AvgIpc) is 2.49. The smallest absolute Gasteiger partial charge is 0.245 e. The monoisotopic (exact) mass is 384 g/mol. The summed E-state index contributed by atoms with van der Waals surface area (Å²) in [6.45, 7) is 3.33. The summed E-state index contributed by atoms with van der Waals surface area (Å²) in [6, 6.07) is 8.98. The number of hydrogen-bond donors (Lipinski definition) is 1. The normalized spacial score (nSPS) is 11.2. The number of amides is 1. The summed E-state index contributed by atoms with van der Waals surface area (Å²) in [6.07, 6.45) is 0.967. The fraction of sp³-hybridized carbons (Fsp3) is 0.235. The second-order valence-electron chi connectivity index (χ2n) is 5.73. The van der Waals surface area contributed by atoms with Crippen molar-refractivity contribution < 1.29 is 17.6 Å². The lowest BCUT2D eigenvalue weighted by molar-refractivity contribution is -0.114. The van der Waals surface area contributed by atoms with Crippen LogP contribution in [0.1, 0.15) is 11.1 Å². The Bertz CT molecular complexity index is 916. The van der Waals surface area contributed by atoms with Gasteiger partial charge in [0.2, 0.25) is 15.9 Å². The quantitative estimate of drug-likeness (QED) is 0.857. The molecular formula is C17H18ClFN2O3S. The first-order chi connectivity index (χ1) is 11.6. The molecule has 0 aromatic heterocycles. The van der Waals surface area contributed by atoms with E-state index in [2.05, 4.69) is 5.32 Å². The molecule has 0 saturated heterocycles. The lowest BCUT2D eigenvalue weighted by atomic mass is 10.1. The third kappa shape index (κ3) is 4.93. The largest absolute Gasteiger partial charge is 0.324 e. The average molecular weight is 385 g/mol. The molecule has 0 bridgehead atoms. The van der Waals surface area contributed by atoms with Gasteiger partial charge in [0.05, 0.1) is 17.0 Å². The van der Waals surface area contributed by atoms with E-state index in [1.165, 1.54) is 12.1 Å². The van der Waals surface area contributed by atoms with Gasteiger partial charge < -0.3 is 5.32 Å². The summed E-state index contributed by atoms with van der Waals surface area (Å²) in [4.78, 5) is 12.3. The number of hydrogen-bond acceptors (Lipinski definition) is 3. The van der Waals surface area contributed by atoms with E-state index >= 15 is 0 Å². The Hall–Kier alpha value is -2.12. The van der Waals surface area contributed by atoms with E-state index in [1.54, 1.807) is 6.07 Å². The number of aryl methyl sites for hydroxylation is 2. The summed E-state index contributed by atoms with van der Waals surface area (Å²) < 4.78 is 38.3. The minimum Gasteiger partial charge on any atom is -0.324 e. The molecule has 0 radical (unpaired) electrons. The van der Waals surface area contributed by atoms with Crippen LogP contribution in [-0.4, -0.2) is 27.1 Å². The topological polar surface area (TPSA) is 66.5 Å². The number of sulfonamides is 1. The molecule has 0 unspecified atom stereocenters. The fourth-order valence-corrected chi connectivity index (χ4v) is 3.34. The minimum absolute atomic E-state index is 0.115. The van der Waals surface area contributed by atoms with Crippen LogP contribution < -0.4 is 9.62 Å². The Morgan fingerprint density at radius 3 is 2.44 bits per heavy atom. The van der Waals surface area contributed by atoms with Crippen LogP contribution >= 0.6 is 11.6 Å². The van der Waals surface area contributed by atoms with Crippen molar-refractivity contribution in [3.8, 4) is 0 Å². The molecule has 0 heterocycles. The van der Waals surface area contributed by atoms with Crippen LogP contribution in [0.15, 0.2) is 36.4 Å². The Morgan fingerprint density at radius 2 is 1.88 bits per heavy atom. The zero-order valence-corrected chi connectivity index (χ0v) is 15.6. The van der Waals surface area contributed by atoms with Crippen LogP contribution in [0.25, 0.3) is 0 Å². The van der Waals surface area contributed by atoms with E-state index in [1.807, 2.05) is 26.0 Å². The van der Waals surface area contributed by atoms with Gasteiger partial charge in [0.1, 0.15) is 12.4 Å². The molecule has 1 N–H and O–H groups in total. The molecule has 134 valence electrons. The molecule has 1 amide bonds. The highest BCUT2D eigenvalue weighted by atomic mass is 35.5. The zero-order valence-electron chi connectivity index (χ0n) is 14.0. The Balaban J connectivity index is 2.25. The number of halogens is 2. The van der Waals surface area contributed by atoms with Crippen molar-refractivity contribution >= 4 is 38.9 Å². The summed E-state index contributed by atoms with van der Waals surface area (Å²) in [5.74, 6) is -1.18. The van der Waals surface area contributed by atoms with Crippen molar-refractivity contribution in [3.05, 3.63) is 58.4 Å². The van der Waals surface area contributed by atoms with Gasteiger partial charge in [0.15, 0.2) is 0 Å². The number of nitrogens with one attached hydrogen (secondary N) is 1. The first-order valence-corrected chi connectivity index (χ1v) is 9.60. The second kappa shape index (κ2) is 7.41. The molecule has 8 heteroatoms. The Morgan fingerprint density at radius 1 is 1.20 bits per heavy atom. The maximum Gasteiger partial charge on any atom is 0.245 e. The molecule has 0 aliphatic rings. The van der Waals surface area contributed by atoms with Crippen LogP contribution in [0, 0.1) is 19.7 Å². The number of nitrogens with zero attached hydrogens (tertiary/aromatic N) is 1. The van der Waals surface area contributed by atoms with Crippen molar-refractivity contribution in [2.24, 2.45) is 0 Å². The minimum atomic E-state index is -3.76. The Kier molecular flexibility index (Phi) is 5.69. The van der Waals surface area contributed by atoms with Gasteiger partial charge in [-0.1, -0.05) is 29.3 Å². The maximum absolute atomic E-state index is 13.3. The van der Waals surface area contributed by atoms with Crippen LogP contribution in [-0.2, 0) is 14.8 Å². The highest BCUT2D eigenvalue weighted by Crippen LogP contribution is 2.24. The molecule has 2 aromatic carbocycles. The maximum atomic E-state index is 13.3. The van der Waals surface area contributed by atoms with Crippen LogP contribution in [0.5, 0.6) is 0 Å². The number of rotatable bonds is 5.